The summed E-state index contributed by atoms with van der Waals surface area (Å²) in [7, 11) is 1.53. The number of hydrogen-bond acceptors (Lipinski definition) is 5. The van der Waals surface area contributed by atoms with Gasteiger partial charge in [0.2, 0.25) is 0 Å². The Morgan fingerprint density at radius 2 is 1.93 bits per heavy atom. The van der Waals surface area contributed by atoms with Crippen molar-refractivity contribution in [3.63, 3.8) is 0 Å². The van der Waals surface area contributed by atoms with Crippen LogP contribution in [0.15, 0.2) is 75.3 Å². The number of amides is 1. The molecule has 0 atom stereocenters. The van der Waals surface area contributed by atoms with Crippen molar-refractivity contribution in [3.8, 4) is 16.9 Å². The summed E-state index contributed by atoms with van der Waals surface area (Å²) in [6.45, 7) is 0. The summed E-state index contributed by atoms with van der Waals surface area (Å²) in [4.78, 5) is 25.4. The normalized spacial score (nSPS) is 10.7. The van der Waals surface area contributed by atoms with Gasteiger partial charge in [0.05, 0.1) is 23.2 Å². The van der Waals surface area contributed by atoms with Crippen molar-refractivity contribution in [1.82, 2.24) is 0 Å². The van der Waals surface area contributed by atoms with E-state index in [1.54, 1.807) is 36.4 Å². The predicted molar refractivity (Wildman–Crippen MR) is 107 cm³/mol. The van der Waals surface area contributed by atoms with Gasteiger partial charge in [-0.1, -0.05) is 30.3 Å². The molecule has 4 aromatic rings. The van der Waals surface area contributed by atoms with Crippen LogP contribution in [0, 0.1) is 0 Å². The van der Waals surface area contributed by atoms with Crippen molar-refractivity contribution >= 4 is 33.9 Å². The van der Waals surface area contributed by atoms with E-state index in [1.807, 2.05) is 29.6 Å². The maximum absolute atomic E-state index is 12.4. The van der Waals surface area contributed by atoms with Crippen molar-refractivity contribution in [2.24, 2.45) is 0 Å². The second-order valence-corrected chi connectivity index (χ2v) is 6.78. The fourth-order valence-corrected chi connectivity index (χ4v) is 3.45. The Balaban J connectivity index is 1.77. The predicted octanol–water partition coefficient (Wildman–Crippen LogP) is 4.78. The molecule has 1 N–H and O–H groups in total. The van der Waals surface area contributed by atoms with Crippen LogP contribution in [0.3, 0.4) is 0 Å². The van der Waals surface area contributed by atoms with E-state index in [2.05, 4.69) is 5.32 Å². The van der Waals surface area contributed by atoms with E-state index in [0.29, 0.717) is 33.0 Å². The molecule has 0 saturated carbocycles. The van der Waals surface area contributed by atoms with E-state index in [-0.39, 0.29) is 5.91 Å². The number of anilines is 1. The first-order valence-corrected chi connectivity index (χ1v) is 9.10. The Labute approximate surface area is 158 Å². The minimum absolute atomic E-state index is 0.231. The van der Waals surface area contributed by atoms with Gasteiger partial charge in [-0.15, -0.1) is 11.3 Å². The molecule has 4 rings (SSSR count). The van der Waals surface area contributed by atoms with Crippen LogP contribution in [0.25, 0.3) is 22.1 Å². The molecule has 27 heavy (non-hydrogen) atoms. The number of thiophene rings is 1. The number of fused-ring (bicyclic) bond motifs is 1. The summed E-state index contributed by atoms with van der Waals surface area (Å²) in [5.41, 5.74) is 1.64. The molecule has 1 amide bonds. The summed E-state index contributed by atoms with van der Waals surface area (Å²) in [5.74, 6) is 0.278. The average Bonchev–Trinajstić information content (AvgIpc) is 3.22. The van der Waals surface area contributed by atoms with E-state index >= 15 is 0 Å². The molecule has 2 heterocycles. The first-order valence-electron chi connectivity index (χ1n) is 8.22. The SMILES string of the molecule is COc1ccc(-c2cc3ccccc3oc2=O)cc1NC(=O)c1cccs1. The molecular formula is C21H15NO4S. The molecule has 0 fully saturated rings. The van der Waals surface area contributed by atoms with Crippen LogP contribution in [0.2, 0.25) is 0 Å². The van der Waals surface area contributed by atoms with Crippen LogP contribution in [0.5, 0.6) is 5.75 Å². The number of ether oxygens (including phenoxy) is 1. The molecule has 2 aromatic carbocycles. The lowest BCUT2D eigenvalue weighted by Gasteiger charge is -2.12. The second kappa shape index (κ2) is 7.09. The summed E-state index contributed by atoms with van der Waals surface area (Å²) in [6.07, 6.45) is 0. The van der Waals surface area contributed by atoms with Crippen LogP contribution < -0.4 is 15.7 Å². The van der Waals surface area contributed by atoms with Crippen LogP contribution in [-0.4, -0.2) is 13.0 Å². The number of benzene rings is 2. The van der Waals surface area contributed by atoms with Crippen molar-refractivity contribution in [1.29, 1.82) is 0 Å². The van der Waals surface area contributed by atoms with Gasteiger partial charge in [0.1, 0.15) is 11.3 Å². The first kappa shape index (κ1) is 17.1. The van der Waals surface area contributed by atoms with E-state index in [4.69, 9.17) is 9.15 Å². The van der Waals surface area contributed by atoms with E-state index in [1.165, 1.54) is 18.4 Å². The van der Waals surface area contributed by atoms with Gasteiger partial charge in [-0.05, 0) is 41.3 Å². The third-order valence-corrected chi connectivity index (χ3v) is 5.01. The highest BCUT2D eigenvalue weighted by Crippen LogP contribution is 2.31. The lowest BCUT2D eigenvalue weighted by atomic mass is 10.0. The van der Waals surface area contributed by atoms with Crippen molar-refractivity contribution in [3.05, 3.63) is 81.3 Å². The first-order chi connectivity index (χ1) is 13.2. The summed E-state index contributed by atoms with van der Waals surface area (Å²) < 4.78 is 10.8. The smallest absolute Gasteiger partial charge is 0.344 e. The molecule has 6 heteroatoms. The van der Waals surface area contributed by atoms with Crippen LogP contribution >= 0.6 is 11.3 Å². The highest BCUT2D eigenvalue weighted by molar-refractivity contribution is 7.12. The zero-order chi connectivity index (χ0) is 18.8. The van der Waals surface area contributed by atoms with Crippen LogP contribution in [-0.2, 0) is 0 Å². The third kappa shape index (κ3) is 3.35. The van der Waals surface area contributed by atoms with E-state index < -0.39 is 5.63 Å². The standard InChI is InChI=1S/C21H15NO4S/c1-25-18-9-8-13(12-16(18)22-20(23)19-7-4-10-27-19)15-11-14-5-2-3-6-17(14)26-21(15)24/h2-12H,1H3,(H,22,23). The quantitative estimate of drug-likeness (QED) is 0.520. The van der Waals surface area contributed by atoms with Crippen molar-refractivity contribution < 1.29 is 13.9 Å². The average molecular weight is 377 g/mol. The molecule has 0 saturated heterocycles. The summed E-state index contributed by atoms with van der Waals surface area (Å²) in [6, 6.07) is 17.9. The zero-order valence-corrected chi connectivity index (χ0v) is 15.2. The molecule has 0 aliphatic heterocycles. The fraction of sp³-hybridized carbons (Fsp3) is 0.0476. The fourth-order valence-electron chi connectivity index (χ4n) is 2.83. The van der Waals surface area contributed by atoms with Gasteiger partial charge in [-0.25, -0.2) is 4.79 Å². The second-order valence-electron chi connectivity index (χ2n) is 5.83. The molecule has 5 nitrogen and oxygen atoms in total. The van der Waals surface area contributed by atoms with Gasteiger partial charge in [-0.2, -0.15) is 0 Å². The minimum Gasteiger partial charge on any atom is -0.495 e. The van der Waals surface area contributed by atoms with Gasteiger partial charge in [-0.3, -0.25) is 4.79 Å². The van der Waals surface area contributed by atoms with Crippen LogP contribution in [0.1, 0.15) is 9.67 Å². The lowest BCUT2D eigenvalue weighted by molar-refractivity contribution is 0.103. The van der Waals surface area contributed by atoms with Crippen molar-refractivity contribution in [2.45, 2.75) is 0 Å². The third-order valence-electron chi connectivity index (χ3n) is 4.15. The number of nitrogens with one attached hydrogen (secondary N) is 1. The number of para-hydroxylation sites is 1. The Bertz CT molecular complexity index is 1180. The molecule has 0 bridgehead atoms. The maximum atomic E-state index is 12.4. The number of rotatable bonds is 4. The van der Waals surface area contributed by atoms with Crippen LogP contribution in [0.4, 0.5) is 5.69 Å². The molecule has 134 valence electrons. The minimum atomic E-state index is -0.436. The Morgan fingerprint density at radius 3 is 2.70 bits per heavy atom. The molecule has 0 aliphatic rings. The molecule has 0 radical (unpaired) electrons. The number of hydrogen-bond donors (Lipinski definition) is 1. The number of carbonyl (C=O) groups excluding carboxylic acids is 1. The van der Waals surface area contributed by atoms with E-state index in [9.17, 15) is 9.59 Å². The highest BCUT2D eigenvalue weighted by Gasteiger charge is 2.14. The Hall–Kier alpha value is -3.38. The zero-order valence-electron chi connectivity index (χ0n) is 14.4. The maximum Gasteiger partial charge on any atom is 0.344 e. The molecule has 0 spiro atoms. The summed E-state index contributed by atoms with van der Waals surface area (Å²) >= 11 is 1.35. The van der Waals surface area contributed by atoms with Gasteiger partial charge in [0.15, 0.2) is 0 Å². The van der Waals surface area contributed by atoms with Gasteiger partial charge >= 0.3 is 5.63 Å². The highest BCUT2D eigenvalue weighted by atomic mass is 32.1. The van der Waals surface area contributed by atoms with Crippen molar-refractivity contribution in [2.75, 3.05) is 12.4 Å². The van der Waals surface area contributed by atoms with Gasteiger partial charge < -0.3 is 14.5 Å². The monoisotopic (exact) mass is 377 g/mol. The van der Waals surface area contributed by atoms with E-state index in [0.717, 1.165) is 5.39 Å². The molecular weight excluding hydrogens is 362 g/mol. The molecule has 0 unspecified atom stereocenters. The summed E-state index contributed by atoms with van der Waals surface area (Å²) in [5, 5.41) is 5.51. The molecule has 2 aromatic heterocycles. The topological polar surface area (TPSA) is 68.5 Å². The number of methoxy groups -OCH3 is 1. The van der Waals surface area contributed by atoms with Gasteiger partial charge in [0, 0.05) is 5.39 Å². The van der Waals surface area contributed by atoms with Gasteiger partial charge in [0.25, 0.3) is 5.91 Å². The largest absolute Gasteiger partial charge is 0.495 e. The molecule has 0 aliphatic carbocycles. The number of carbonyl (C=O) groups is 1. The Kier molecular flexibility index (Phi) is 4.48. The Morgan fingerprint density at radius 1 is 1.07 bits per heavy atom. The lowest BCUT2D eigenvalue weighted by Crippen LogP contribution is -2.11.